The molecule has 1 fully saturated rings. The van der Waals surface area contributed by atoms with Crippen molar-refractivity contribution < 1.29 is 4.21 Å². The molecule has 3 atom stereocenters. The van der Waals surface area contributed by atoms with Crippen molar-refractivity contribution in [2.75, 3.05) is 31.1 Å². The fraction of sp³-hybridized carbons (Fsp3) is 1.00. The van der Waals surface area contributed by atoms with Crippen LogP contribution >= 0.6 is 0 Å². The van der Waals surface area contributed by atoms with Gasteiger partial charge < -0.3 is 5.32 Å². The highest BCUT2D eigenvalue weighted by Gasteiger charge is 2.24. The van der Waals surface area contributed by atoms with Crippen molar-refractivity contribution in [2.24, 2.45) is 0 Å². The lowest BCUT2D eigenvalue weighted by Crippen LogP contribution is -2.48. The summed E-state index contributed by atoms with van der Waals surface area (Å²) in [6, 6.07) is 1.32. The predicted octanol–water partition coefficient (Wildman–Crippen LogP) is 1.61. The summed E-state index contributed by atoms with van der Waals surface area (Å²) < 4.78 is 11.4. The molecule has 102 valence electrons. The van der Waals surface area contributed by atoms with Gasteiger partial charge in [0, 0.05) is 40.9 Å². The van der Waals surface area contributed by atoms with E-state index in [1.807, 2.05) is 6.92 Å². The molecule has 0 bridgehead atoms. The zero-order valence-corrected chi connectivity index (χ0v) is 12.4. The Bertz CT molecular complexity index is 235. The van der Waals surface area contributed by atoms with Gasteiger partial charge in [-0.05, 0) is 39.3 Å². The first kappa shape index (κ1) is 15.1. The standard InChI is InChI=1S/C13H28N2OS/c1-4-7-14-13-6-8-15(12(3)11-13)9-10-17(16)5-2/h12-14H,4-11H2,1-3H3. The van der Waals surface area contributed by atoms with Crippen molar-refractivity contribution in [1.82, 2.24) is 10.2 Å². The highest BCUT2D eigenvalue weighted by Crippen LogP contribution is 2.17. The Balaban J connectivity index is 2.25. The van der Waals surface area contributed by atoms with E-state index in [4.69, 9.17) is 0 Å². The molecule has 0 aromatic heterocycles. The molecule has 0 saturated carbocycles. The average Bonchev–Trinajstić information content (AvgIpc) is 2.34. The second-order valence-electron chi connectivity index (χ2n) is 4.99. The largest absolute Gasteiger partial charge is 0.314 e. The van der Waals surface area contributed by atoms with Gasteiger partial charge in [0.05, 0.1) is 0 Å². The minimum absolute atomic E-state index is 0.614. The topological polar surface area (TPSA) is 32.3 Å². The molecular weight excluding hydrogens is 232 g/mol. The molecule has 1 heterocycles. The van der Waals surface area contributed by atoms with Gasteiger partial charge in [0.2, 0.25) is 0 Å². The smallest absolute Gasteiger partial charge is 0.0362 e. The molecule has 0 spiro atoms. The summed E-state index contributed by atoms with van der Waals surface area (Å²) >= 11 is 0. The lowest BCUT2D eigenvalue weighted by molar-refractivity contribution is 0.144. The molecular formula is C13H28N2OS. The number of nitrogens with one attached hydrogen (secondary N) is 1. The van der Waals surface area contributed by atoms with Gasteiger partial charge in [0.15, 0.2) is 0 Å². The summed E-state index contributed by atoms with van der Waals surface area (Å²) in [5.74, 6) is 1.64. The van der Waals surface area contributed by atoms with Crippen molar-refractivity contribution in [1.29, 1.82) is 0 Å². The van der Waals surface area contributed by atoms with E-state index in [2.05, 4.69) is 24.1 Å². The Morgan fingerprint density at radius 1 is 1.41 bits per heavy atom. The molecule has 0 aromatic carbocycles. The third-order valence-corrected chi connectivity index (χ3v) is 4.91. The number of piperidine rings is 1. The SMILES string of the molecule is CCCNC1CCN(CCS(=O)CC)C(C)C1. The van der Waals surface area contributed by atoms with Gasteiger partial charge in [-0.15, -0.1) is 0 Å². The predicted molar refractivity (Wildman–Crippen MR) is 75.9 cm³/mol. The van der Waals surface area contributed by atoms with Gasteiger partial charge in [-0.25, -0.2) is 0 Å². The van der Waals surface area contributed by atoms with Crippen LogP contribution in [0.4, 0.5) is 0 Å². The highest BCUT2D eigenvalue weighted by molar-refractivity contribution is 7.84. The monoisotopic (exact) mass is 260 g/mol. The molecule has 1 aliphatic heterocycles. The van der Waals surface area contributed by atoms with Crippen molar-refractivity contribution in [3.8, 4) is 0 Å². The van der Waals surface area contributed by atoms with Crippen LogP contribution in [0.5, 0.6) is 0 Å². The van der Waals surface area contributed by atoms with Crippen LogP contribution in [-0.2, 0) is 10.8 Å². The Morgan fingerprint density at radius 3 is 2.76 bits per heavy atom. The average molecular weight is 260 g/mol. The second-order valence-corrected chi connectivity index (χ2v) is 6.86. The Labute approximate surface area is 109 Å². The molecule has 3 nitrogen and oxygen atoms in total. The highest BCUT2D eigenvalue weighted by atomic mass is 32.2. The van der Waals surface area contributed by atoms with Crippen LogP contribution in [0.3, 0.4) is 0 Å². The van der Waals surface area contributed by atoms with Gasteiger partial charge in [0.25, 0.3) is 0 Å². The maximum Gasteiger partial charge on any atom is 0.0362 e. The first-order chi connectivity index (χ1) is 8.17. The van der Waals surface area contributed by atoms with E-state index in [-0.39, 0.29) is 0 Å². The molecule has 1 aliphatic rings. The lowest BCUT2D eigenvalue weighted by atomic mass is 9.98. The van der Waals surface area contributed by atoms with Crippen LogP contribution in [0, 0.1) is 0 Å². The van der Waals surface area contributed by atoms with Crippen molar-refractivity contribution in [2.45, 2.75) is 52.1 Å². The maximum absolute atomic E-state index is 11.4. The maximum atomic E-state index is 11.4. The molecule has 1 rings (SSSR count). The van der Waals surface area contributed by atoms with Crippen LogP contribution in [0.15, 0.2) is 0 Å². The third-order valence-electron chi connectivity index (χ3n) is 3.62. The van der Waals surface area contributed by atoms with Gasteiger partial charge in [-0.2, -0.15) is 0 Å². The summed E-state index contributed by atoms with van der Waals surface area (Å²) in [5.41, 5.74) is 0. The van der Waals surface area contributed by atoms with Gasteiger partial charge in [0.1, 0.15) is 0 Å². The minimum atomic E-state index is -0.614. The van der Waals surface area contributed by atoms with E-state index < -0.39 is 10.8 Å². The molecule has 3 unspecified atom stereocenters. The summed E-state index contributed by atoms with van der Waals surface area (Å²) in [6.45, 7) is 9.81. The van der Waals surface area contributed by atoms with E-state index in [9.17, 15) is 4.21 Å². The van der Waals surface area contributed by atoms with E-state index in [1.165, 1.54) is 19.3 Å². The first-order valence-electron chi connectivity index (χ1n) is 6.99. The third kappa shape index (κ3) is 5.49. The fourth-order valence-electron chi connectivity index (χ4n) is 2.45. The summed E-state index contributed by atoms with van der Waals surface area (Å²) in [6.07, 6.45) is 3.69. The normalized spacial score (nSPS) is 28.2. The fourth-order valence-corrected chi connectivity index (χ4v) is 3.18. The Morgan fingerprint density at radius 2 is 2.18 bits per heavy atom. The number of rotatable bonds is 7. The zero-order valence-electron chi connectivity index (χ0n) is 11.6. The number of nitrogens with zero attached hydrogens (tertiary/aromatic N) is 1. The van der Waals surface area contributed by atoms with E-state index in [0.29, 0.717) is 12.1 Å². The van der Waals surface area contributed by atoms with Gasteiger partial charge in [-0.3, -0.25) is 9.11 Å². The summed E-state index contributed by atoms with van der Waals surface area (Å²) in [4.78, 5) is 2.50. The van der Waals surface area contributed by atoms with Gasteiger partial charge in [-0.1, -0.05) is 13.8 Å². The van der Waals surface area contributed by atoms with Crippen molar-refractivity contribution in [3.05, 3.63) is 0 Å². The first-order valence-corrected chi connectivity index (χ1v) is 8.48. The number of likely N-dealkylation sites (tertiary alicyclic amines) is 1. The van der Waals surface area contributed by atoms with Crippen LogP contribution in [0.25, 0.3) is 0 Å². The molecule has 0 aromatic rings. The Kier molecular flexibility index (Phi) is 7.32. The van der Waals surface area contributed by atoms with Crippen LogP contribution < -0.4 is 5.32 Å². The molecule has 1 N–H and O–H groups in total. The number of hydrogen-bond acceptors (Lipinski definition) is 3. The summed E-state index contributed by atoms with van der Waals surface area (Å²) in [7, 11) is -0.614. The molecule has 0 aliphatic carbocycles. The van der Waals surface area contributed by atoms with Crippen LogP contribution in [-0.4, -0.2) is 52.3 Å². The van der Waals surface area contributed by atoms with Crippen molar-refractivity contribution in [3.63, 3.8) is 0 Å². The van der Waals surface area contributed by atoms with E-state index in [1.54, 1.807) is 0 Å². The zero-order chi connectivity index (χ0) is 12.7. The molecule has 0 radical (unpaired) electrons. The van der Waals surface area contributed by atoms with E-state index >= 15 is 0 Å². The molecule has 4 heteroatoms. The second kappa shape index (κ2) is 8.22. The van der Waals surface area contributed by atoms with Crippen molar-refractivity contribution >= 4 is 10.8 Å². The quantitative estimate of drug-likeness (QED) is 0.755. The molecule has 1 saturated heterocycles. The van der Waals surface area contributed by atoms with Crippen LogP contribution in [0.2, 0.25) is 0 Å². The van der Waals surface area contributed by atoms with E-state index in [0.717, 1.165) is 31.1 Å². The molecule has 0 amide bonds. The lowest BCUT2D eigenvalue weighted by Gasteiger charge is -2.38. The number of hydrogen-bond donors (Lipinski definition) is 1. The summed E-state index contributed by atoms with van der Waals surface area (Å²) in [5, 5.41) is 3.61. The Hall–Kier alpha value is 0.0700. The molecule has 17 heavy (non-hydrogen) atoms. The van der Waals surface area contributed by atoms with Crippen LogP contribution in [0.1, 0.15) is 40.0 Å². The minimum Gasteiger partial charge on any atom is -0.314 e. The van der Waals surface area contributed by atoms with Gasteiger partial charge >= 0.3 is 0 Å².